The van der Waals surface area contributed by atoms with Gasteiger partial charge in [-0.15, -0.1) is 0 Å². The fourth-order valence-electron chi connectivity index (χ4n) is 2.72. The Labute approximate surface area is 119 Å². The van der Waals surface area contributed by atoms with Gasteiger partial charge in [0, 0.05) is 19.3 Å². The highest BCUT2D eigenvalue weighted by molar-refractivity contribution is 5.77. The zero-order chi connectivity index (χ0) is 13.9. The summed E-state index contributed by atoms with van der Waals surface area (Å²) in [6, 6.07) is 0.310. The molecule has 0 spiro atoms. The molecule has 1 saturated carbocycles. The van der Waals surface area contributed by atoms with Gasteiger partial charge in [0.1, 0.15) is 6.61 Å². The van der Waals surface area contributed by atoms with Gasteiger partial charge in [-0.3, -0.25) is 9.48 Å². The second-order valence-electron chi connectivity index (χ2n) is 6.09. The zero-order valence-electron chi connectivity index (χ0n) is 12.1. The molecule has 1 atom stereocenters. The molecule has 0 N–H and O–H groups in total. The number of carbonyl (C=O) groups is 1. The third-order valence-corrected chi connectivity index (χ3v) is 4.13. The Morgan fingerprint density at radius 1 is 1.45 bits per heavy atom. The fourth-order valence-corrected chi connectivity index (χ4v) is 2.72. The maximum atomic E-state index is 12.2. The Kier molecular flexibility index (Phi) is 4.05. The SMILES string of the molecule is Cc1cnn(C2CCCN(C(=O)COCC3CC3)C2)c1. The van der Waals surface area contributed by atoms with Crippen molar-refractivity contribution in [2.45, 2.75) is 38.6 Å². The van der Waals surface area contributed by atoms with Gasteiger partial charge in [-0.25, -0.2) is 0 Å². The highest BCUT2D eigenvalue weighted by Crippen LogP contribution is 2.28. The lowest BCUT2D eigenvalue weighted by Crippen LogP contribution is -2.42. The monoisotopic (exact) mass is 277 g/mol. The number of aromatic nitrogens is 2. The van der Waals surface area contributed by atoms with Gasteiger partial charge < -0.3 is 9.64 Å². The lowest BCUT2D eigenvalue weighted by atomic mass is 10.1. The van der Waals surface area contributed by atoms with Crippen molar-refractivity contribution in [2.75, 3.05) is 26.3 Å². The van der Waals surface area contributed by atoms with Crippen LogP contribution >= 0.6 is 0 Å². The first kappa shape index (κ1) is 13.6. The van der Waals surface area contributed by atoms with Crippen molar-refractivity contribution < 1.29 is 9.53 Å². The number of amides is 1. The topological polar surface area (TPSA) is 47.4 Å². The number of hydrogen-bond acceptors (Lipinski definition) is 3. The Hall–Kier alpha value is -1.36. The van der Waals surface area contributed by atoms with Crippen molar-refractivity contribution in [3.63, 3.8) is 0 Å². The summed E-state index contributed by atoms with van der Waals surface area (Å²) in [4.78, 5) is 14.1. The summed E-state index contributed by atoms with van der Waals surface area (Å²) < 4.78 is 7.50. The van der Waals surface area contributed by atoms with Crippen LogP contribution in [0.25, 0.3) is 0 Å². The number of likely N-dealkylation sites (tertiary alicyclic amines) is 1. The van der Waals surface area contributed by atoms with Gasteiger partial charge >= 0.3 is 0 Å². The predicted molar refractivity (Wildman–Crippen MR) is 75.4 cm³/mol. The molecule has 1 amide bonds. The number of piperidine rings is 1. The molecular weight excluding hydrogens is 254 g/mol. The summed E-state index contributed by atoms with van der Waals surface area (Å²) in [5.74, 6) is 0.836. The van der Waals surface area contributed by atoms with Gasteiger partial charge in [0.25, 0.3) is 0 Å². The van der Waals surface area contributed by atoms with Gasteiger partial charge in [-0.05, 0) is 44.1 Å². The molecule has 0 radical (unpaired) electrons. The molecule has 1 aromatic rings. The van der Waals surface area contributed by atoms with Crippen molar-refractivity contribution in [2.24, 2.45) is 5.92 Å². The van der Waals surface area contributed by atoms with Crippen LogP contribution in [0.5, 0.6) is 0 Å². The third kappa shape index (κ3) is 3.39. The van der Waals surface area contributed by atoms with Crippen molar-refractivity contribution in [3.05, 3.63) is 18.0 Å². The van der Waals surface area contributed by atoms with Crippen molar-refractivity contribution in [1.29, 1.82) is 0 Å². The molecule has 2 fully saturated rings. The first-order chi connectivity index (χ1) is 9.72. The Bertz CT molecular complexity index is 467. The Morgan fingerprint density at radius 3 is 3.00 bits per heavy atom. The molecule has 1 unspecified atom stereocenters. The van der Waals surface area contributed by atoms with E-state index in [-0.39, 0.29) is 12.5 Å². The third-order valence-electron chi connectivity index (χ3n) is 4.13. The second kappa shape index (κ2) is 5.95. The minimum absolute atomic E-state index is 0.124. The number of ether oxygens (including phenoxy) is 1. The molecule has 20 heavy (non-hydrogen) atoms. The van der Waals surface area contributed by atoms with Crippen molar-refractivity contribution >= 4 is 5.91 Å². The molecule has 0 aromatic carbocycles. The second-order valence-corrected chi connectivity index (χ2v) is 6.09. The van der Waals surface area contributed by atoms with Crippen molar-refractivity contribution in [1.82, 2.24) is 14.7 Å². The molecule has 1 saturated heterocycles. The molecule has 1 aromatic heterocycles. The summed E-state index contributed by atoms with van der Waals surface area (Å²) in [6.07, 6.45) is 8.59. The van der Waals surface area contributed by atoms with Crippen LogP contribution in [-0.2, 0) is 9.53 Å². The summed E-state index contributed by atoms with van der Waals surface area (Å²) in [6.45, 7) is 4.64. The lowest BCUT2D eigenvalue weighted by molar-refractivity contribution is -0.138. The molecule has 2 heterocycles. The van der Waals surface area contributed by atoms with Gasteiger partial charge in [-0.2, -0.15) is 5.10 Å². The van der Waals surface area contributed by atoms with Gasteiger partial charge in [0.2, 0.25) is 5.91 Å². The van der Waals surface area contributed by atoms with E-state index >= 15 is 0 Å². The van der Waals surface area contributed by atoms with E-state index in [1.807, 2.05) is 22.7 Å². The van der Waals surface area contributed by atoms with Crippen LogP contribution < -0.4 is 0 Å². The van der Waals surface area contributed by atoms with E-state index in [9.17, 15) is 4.79 Å². The highest BCUT2D eigenvalue weighted by atomic mass is 16.5. The van der Waals surface area contributed by atoms with E-state index in [2.05, 4.69) is 11.3 Å². The number of nitrogens with zero attached hydrogens (tertiary/aromatic N) is 3. The van der Waals surface area contributed by atoms with Crippen LogP contribution in [-0.4, -0.2) is 46.9 Å². The summed E-state index contributed by atoms with van der Waals surface area (Å²) in [7, 11) is 0. The first-order valence-electron chi connectivity index (χ1n) is 7.58. The number of hydrogen-bond donors (Lipinski definition) is 0. The fraction of sp³-hybridized carbons (Fsp3) is 0.733. The molecule has 5 heteroatoms. The molecule has 0 bridgehead atoms. The molecule has 1 aliphatic carbocycles. The maximum absolute atomic E-state index is 12.2. The lowest BCUT2D eigenvalue weighted by Gasteiger charge is -2.32. The van der Waals surface area contributed by atoms with E-state index in [0.717, 1.165) is 32.5 Å². The minimum Gasteiger partial charge on any atom is -0.371 e. The van der Waals surface area contributed by atoms with E-state index in [1.165, 1.54) is 18.4 Å². The standard InChI is InChI=1S/C15H23N3O2/c1-12-7-16-18(8-12)14-3-2-6-17(9-14)15(19)11-20-10-13-4-5-13/h7-8,13-14H,2-6,9-11H2,1H3. The Morgan fingerprint density at radius 2 is 2.30 bits per heavy atom. The average Bonchev–Trinajstić information content (AvgIpc) is 3.18. The maximum Gasteiger partial charge on any atom is 0.248 e. The van der Waals surface area contributed by atoms with Crippen LogP contribution in [0.15, 0.2) is 12.4 Å². The van der Waals surface area contributed by atoms with Crippen LogP contribution in [0, 0.1) is 12.8 Å². The smallest absolute Gasteiger partial charge is 0.248 e. The van der Waals surface area contributed by atoms with Crippen LogP contribution in [0.1, 0.15) is 37.3 Å². The zero-order valence-corrected chi connectivity index (χ0v) is 12.1. The highest BCUT2D eigenvalue weighted by Gasteiger charge is 2.26. The summed E-state index contributed by atoms with van der Waals surface area (Å²) >= 11 is 0. The van der Waals surface area contributed by atoms with Gasteiger partial charge in [-0.1, -0.05) is 0 Å². The van der Waals surface area contributed by atoms with Crippen LogP contribution in [0.2, 0.25) is 0 Å². The van der Waals surface area contributed by atoms with Gasteiger partial charge in [0.05, 0.1) is 18.8 Å². The van der Waals surface area contributed by atoms with E-state index in [0.29, 0.717) is 12.0 Å². The molecule has 2 aliphatic rings. The van der Waals surface area contributed by atoms with Crippen LogP contribution in [0.4, 0.5) is 0 Å². The van der Waals surface area contributed by atoms with Crippen LogP contribution in [0.3, 0.4) is 0 Å². The Balaban J connectivity index is 1.50. The normalized spacial score (nSPS) is 23.1. The minimum atomic E-state index is 0.124. The molecular formula is C15H23N3O2. The number of carbonyl (C=O) groups excluding carboxylic acids is 1. The van der Waals surface area contributed by atoms with E-state index in [4.69, 9.17) is 4.74 Å². The molecule has 110 valence electrons. The molecule has 3 rings (SSSR count). The first-order valence-corrected chi connectivity index (χ1v) is 7.58. The molecule has 1 aliphatic heterocycles. The largest absolute Gasteiger partial charge is 0.371 e. The summed E-state index contributed by atoms with van der Waals surface area (Å²) in [5, 5.41) is 4.37. The van der Waals surface area contributed by atoms with Gasteiger partial charge in [0.15, 0.2) is 0 Å². The predicted octanol–water partition coefficient (Wildman–Crippen LogP) is 1.78. The van der Waals surface area contributed by atoms with Crippen molar-refractivity contribution in [3.8, 4) is 0 Å². The van der Waals surface area contributed by atoms with E-state index < -0.39 is 0 Å². The number of rotatable bonds is 5. The number of aryl methyl sites for hydroxylation is 1. The molecule has 5 nitrogen and oxygen atoms in total. The quantitative estimate of drug-likeness (QED) is 0.824. The summed E-state index contributed by atoms with van der Waals surface area (Å²) in [5.41, 5.74) is 1.17. The van der Waals surface area contributed by atoms with E-state index in [1.54, 1.807) is 0 Å². The average molecular weight is 277 g/mol.